The third kappa shape index (κ3) is 2.71. The second kappa shape index (κ2) is 5.77. The van der Waals surface area contributed by atoms with Crippen molar-refractivity contribution in [3.05, 3.63) is 23.7 Å². The molecule has 0 aromatic carbocycles. The monoisotopic (exact) mass is 271 g/mol. The fourth-order valence-corrected chi connectivity index (χ4v) is 3.03. The van der Waals surface area contributed by atoms with Gasteiger partial charge in [-0.2, -0.15) is 0 Å². The quantitative estimate of drug-likeness (QED) is 0.827. The van der Waals surface area contributed by atoms with Crippen LogP contribution in [0.25, 0.3) is 0 Å². The Hall–Kier alpha value is -0.980. The second-order valence-corrected chi connectivity index (χ2v) is 5.27. The molecule has 0 spiro atoms. The lowest BCUT2D eigenvalue weighted by Crippen LogP contribution is -2.36. The van der Waals surface area contributed by atoms with Crippen molar-refractivity contribution >= 4 is 17.7 Å². The van der Waals surface area contributed by atoms with Gasteiger partial charge in [0.2, 0.25) is 5.91 Å². The normalized spacial score (nSPS) is 21.6. The molecule has 5 nitrogen and oxygen atoms in total. The number of aryl methyl sites for hydroxylation is 1. The third-order valence-electron chi connectivity index (χ3n) is 2.86. The predicted molar refractivity (Wildman–Crippen MR) is 68.1 cm³/mol. The van der Waals surface area contributed by atoms with Crippen LogP contribution in [0.5, 0.6) is 0 Å². The van der Waals surface area contributed by atoms with Gasteiger partial charge < -0.3 is 19.5 Å². The van der Waals surface area contributed by atoms with E-state index in [2.05, 4.69) is 0 Å². The van der Waals surface area contributed by atoms with Gasteiger partial charge in [0.25, 0.3) is 0 Å². The molecule has 100 valence electrons. The average Bonchev–Trinajstić information content (AvgIpc) is 2.97. The summed E-state index contributed by atoms with van der Waals surface area (Å²) in [4.78, 5) is 13.3. The number of aliphatic hydroxyl groups is 2. The summed E-state index contributed by atoms with van der Waals surface area (Å²) in [5.41, 5.74) is 0. The Kier molecular flexibility index (Phi) is 4.31. The zero-order chi connectivity index (χ0) is 13.1. The first-order valence-corrected chi connectivity index (χ1v) is 6.99. The molecule has 1 saturated heterocycles. The topological polar surface area (TPSA) is 73.9 Å². The molecule has 0 bridgehead atoms. The van der Waals surface area contributed by atoms with Crippen molar-refractivity contribution in [1.29, 1.82) is 0 Å². The lowest BCUT2D eigenvalue weighted by molar-refractivity contribution is -0.130. The van der Waals surface area contributed by atoms with Crippen molar-refractivity contribution in [1.82, 2.24) is 4.90 Å². The molecule has 1 aromatic heterocycles. The molecular weight excluding hydrogens is 254 g/mol. The Balaban J connectivity index is 2.13. The molecule has 1 amide bonds. The first kappa shape index (κ1) is 13.5. The van der Waals surface area contributed by atoms with Crippen molar-refractivity contribution < 1.29 is 19.4 Å². The van der Waals surface area contributed by atoms with Crippen molar-refractivity contribution in [3.8, 4) is 0 Å². The maximum Gasteiger partial charge on any atom is 0.234 e. The molecule has 0 aliphatic carbocycles. The van der Waals surface area contributed by atoms with Gasteiger partial charge in [-0.3, -0.25) is 4.79 Å². The zero-order valence-electron chi connectivity index (χ0n) is 10.2. The van der Waals surface area contributed by atoms with E-state index in [1.807, 2.05) is 19.1 Å². The van der Waals surface area contributed by atoms with E-state index in [0.717, 1.165) is 17.9 Å². The lowest BCUT2D eigenvalue weighted by atomic mass is 10.3. The van der Waals surface area contributed by atoms with Gasteiger partial charge in [0.15, 0.2) is 0 Å². The molecular formula is C12H17NO4S. The van der Waals surface area contributed by atoms with Gasteiger partial charge in [0.05, 0.1) is 25.0 Å². The Morgan fingerprint density at radius 3 is 3.00 bits per heavy atom. The molecule has 0 saturated carbocycles. The van der Waals surface area contributed by atoms with Crippen LogP contribution in [-0.2, 0) is 11.2 Å². The molecule has 2 unspecified atom stereocenters. The summed E-state index contributed by atoms with van der Waals surface area (Å²) in [5.74, 6) is 1.96. The standard InChI is InChI=1S/C12H17NO4S/c1-2-9-3-4-10(17-9)12-13(5-8(15)6-14)11(16)7-18-12/h3-4,8,12,14-15H,2,5-7H2,1H3. The van der Waals surface area contributed by atoms with E-state index < -0.39 is 6.10 Å². The molecule has 1 aliphatic heterocycles. The molecule has 2 heterocycles. The van der Waals surface area contributed by atoms with E-state index in [4.69, 9.17) is 9.52 Å². The number of hydrogen-bond donors (Lipinski definition) is 2. The van der Waals surface area contributed by atoms with Crippen molar-refractivity contribution in [2.24, 2.45) is 0 Å². The van der Waals surface area contributed by atoms with Crippen LogP contribution in [0, 0.1) is 0 Å². The number of amides is 1. The summed E-state index contributed by atoms with van der Waals surface area (Å²) in [6, 6.07) is 3.77. The summed E-state index contributed by atoms with van der Waals surface area (Å²) >= 11 is 1.48. The molecule has 6 heteroatoms. The van der Waals surface area contributed by atoms with Crippen LogP contribution in [0.1, 0.15) is 23.8 Å². The number of β-amino-alcohol motifs (C(OH)–C–C–N with tert-alkyl or cyclic N) is 1. The van der Waals surface area contributed by atoms with Crippen molar-refractivity contribution in [2.45, 2.75) is 24.8 Å². The maximum absolute atomic E-state index is 11.8. The number of carbonyl (C=O) groups excluding carboxylic acids is 1. The molecule has 2 rings (SSSR count). The largest absolute Gasteiger partial charge is 0.463 e. The summed E-state index contributed by atoms with van der Waals surface area (Å²) in [6.45, 7) is 1.79. The zero-order valence-corrected chi connectivity index (χ0v) is 11.0. The van der Waals surface area contributed by atoms with Crippen LogP contribution in [0.15, 0.2) is 16.5 Å². The van der Waals surface area contributed by atoms with Crippen LogP contribution in [0.4, 0.5) is 0 Å². The molecule has 0 radical (unpaired) electrons. The van der Waals surface area contributed by atoms with Crippen LogP contribution in [0.2, 0.25) is 0 Å². The van der Waals surface area contributed by atoms with Crippen molar-refractivity contribution in [2.75, 3.05) is 18.9 Å². The highest BCUT2D eigenvalue weighted by Crippen LogP contribution is 2.39. The number of thioether (sulfide) groups is 1. The molecule has 1 fully saturated rings. The number of furan rings is 1. The van der Waals surface area contributed by atoms with E-state index in [1.54, 1.807) is 4.90 Å². The summed E-state index contributed by atoms with van der Waals surface area (Å²) in [7, 11) is 0. The number of carbonyl (C=O) groups is 1. The minimum Gasteiger partial charge on any atom is -0.463 e. The highest BCUT2D eigenvalue weighted by Gasteiger charge is 2.35. The average molecular weight is 271 g/mol. The first-order chi connectivity index (χ1) is 8.65. The highest BCUT2D eigenvalue weighted by atomic mass is 32.2. The highest BCUT2D eigenvalue weighted by molar-refractivity contribution is 8.00. The van der Waals surface area contributed by atoms with Crippen LogP contribution >= 0.6 is 11.8 Å². The predicted octanol–water partition coefficient (Wildman–Crippen LogP) is 0.769. The van der Waals surface area contributed by atoms with E-state index >= 15 is 0 Å². The minimum absolute atomic E-state index is 0.0352. The fourth-order valence-electron chi connectivity index (χ4n) is 1.89. The SMILES string of the molecule is CCc1ccc(C2SCC(=O)N2CC(O)CO)o1. The minimum atomic E-state index is -0.907. The Labute approximate surface area is 110 Å². The Morgan fingerprint density at radius 2 is 2.39 bits per heavy atom. The summed E-state index contributed by atoms with van der Waals surface area (Å²) in [6.07, 6.45) is -0.0966. The Bertz CT molecular complexity index is 420. The van der Waals surface area contributed by atoms with Gasteiger partial charge in [0, 0.05) is 6.42 Å². The molecule has 2 atom stereocenters. The molecule has 1 aliphatic rings. The van der Waals surface area contributed by atoms with E-state index in [9.17, 15) is 9.90 Å². The number of nitrogens with zero attached hydrogens (tertiary/aromatic N) is 1. The first-order valence-electron chi connectivity index (χ1n) is 5.94. The van der Waals surface area contributed by atoms with Gasteiger partial charge in [0.1, 0.15) is 16.9 Å². The second-order valence-electron chi connectivity index (χ2n) is 4.20. The van der Waals surface area contributed by atoms with E-state index in [-0.39, 0.29) is 24.4 Å². The third-order valence-corrected chi connectivity index (χ3v) is 4.08. The summed E-state index contributed by atoms with van der Waals surface area (Å²) in [5, 5.41) is 18.1. The van der Waals surface area contributed by atoms with Gasteiger partial charge in [-0.05, 0) is 12.1 Å². The van der Waals surface area contributed by atoms with Gasteiger partial charge in [-0.25, -0.2) is 0 Å². The van der Waals surface area contributed by atoms with Crippen LogP contribution in [-0.4, -0.2) is 46.0 Å². The number of rotatable bonds is 5. The van der Waals surface area contributed by atoms with Crippen LogP contribution in [0.3, 0.4) is 0 Å². The smallest absolute Gasteiger partial charge is 0.234 e. The molecule has 18 heavy (non-hydrogen) atoms. The van der Waals surface area contributed by atoms with Crippen LogP contribution < -0.4 is 0 Å². The maximum atomic E-state index is 11.8. The summed E-state index contributed by atoms with van der Waals surface area (Å²) < 4.78 is 5.65. The Morgan fingerprint density at radius 1 is 1.61 bits per heavy atom. The molecule has 2 N–H and O–H groups in total. The van der Waals surface area contributed by atoms with Crippen molar-refractivity contribution in [3.63, 3.8) is 0 Å². The van der Waals surface area contributed by atoms with Gasteiger partial charge in [-0.1, -0.05) is 6.92 Å². The number of aliphatic hydroxyl groups excluding tert-OH is 2. The van der Waals surface area contributed by atoms with Gasteiger partial charge >= 0.3 is 0 Å². The van der Waals surface area contributed by atoms with E-state index in [0.29, 0.717) is 5.75 Å². The van der Waals surface area contributed by atoms with E-state index in [1.165, 1.54) is 11.8 Å². The molecule has 1 aromatic rings. The van der Waals surface area contributed by atoms with Gasteiger partial charge in [-0.15, -0.1) is 11.8 Å². The number of hydrogen-bond acceptors (Lipinski definition) is 5. The lowest BCUT2D eigenvalue weighted by Gasteiger charge is -2.24. The fraction of sp³-hybridized carbons (Fsp3) is 0.583.